The van der Waals surface area contributed by atoms with E-state index in [9.17, 15) is 5.26 Å². The van der Waals surface area contributed by atoms with Gasteiger partial charge in [-0.15, -0.1) is 5.10 Å². The number of para-hydroxylation sites is 1. The van der Waals surface area contributed by atoms with Crippen molar-refractivity contribution in [3.05, 3.63) is 77.4 Å². The Kier molecular flexibility index (Phi) is 3.47. The Morgan fingerprint density at radius 3 is 2.60 bits per heavy atom. The number of hydrogen-bond donors (Lipinski definition) is 1. The molecular formula is C19H15N5O. The number of rotatable bonds is 2. The van der Waals surface area contributed by atoms with Gasteiger partial charge in [-0.3, -0.25) is 0 Å². The number of benzene rings is 2. The number of allylic oxidation sites excluding steroid dienone is 3. The zero-order valence-electron chi connectivity index (χ0n) is 13.5. The van der Waals surface area contributed by atoms with E-state index in [2.05, 4.69) is 16.4 Å². The summed E-state index contributed by atoms with van der Waals surface area (Å²) in [6, 6.07) is 19.6. The first-order chi connectivity index (χ1) is 12.2. The summed E-state index contributed by atoms with van der Waals surface area (Å²) in [4.78, 5) is 0. The van der Waals surface area contributed by atoms with Crippen molar-refractivity contribution in [2.45, 2.75) is 12.8 Å². The van der Waals surface area contributed by atoms with Crippen molar-refractivity contribution >= 4 is 16.7 Å². The van der Waals surface area contributed by atoms with Gasteiger partial charge in [0.1, 0.15) is 22.9 Å². The number of nitrogens with zero attached hydrogens (tertiary/aromatic N) is 4. The largest absolute Gasteiger partial charge is 0.443 e. The van der Waals surface area contributed by atoms with Crippen LogP contribution in [0.2, 0.25) is 0 Å². The Balaban J connectivity index is 1.98. The number of fused-ring (bicyclic) bond motifs is 1. The molecule has 6 heteroatoms. The van der Waals surface area contributed by atoms with Crippen LogP contribution in [0.1, 0.15) is 18.4 Å². The summed E-state index contributed by atoms with van der Waals surface area (Å²) in [5.41, 5.74) is 9.66. The second-order valence-corrected chi connectivity index (χ2v) is 5.77. The van der Waals surface area contributed by atoms with Crippen LogP contribution in [0, 0.1) is 11.3 Å². The van der Waals surface area contributed by atoms with Gasteiger partial charge in [0.2, 0.25) is 5.88 Å². The first kappa shape index (κ1) is 15.0. The van der Waals surface area contributed by atoms with Gasteiger partial charge in [0, 0.05) is 0 Å². The van der Waals surface area contributed by atoms with Crippen LogP contribution in [0.5, 0.6) is 0 Å². The van der Waals surface area contributed by atoms with E-state index in [-0.39, 0.29) is 11.8 Å². The Labute approximate surface area is 144 Å². The molecule has 0 spiro atoms. The fourth-order valence-corrected chi connectivity index (χ4v) is 3.16. The summed E-state index contributed by atoms with van der Waals surface area (Å²) in [7, 11) is 0. The summed E-state index contributed by atoms with van der Waals surface area (Å²) >= 11 is 0. The maximum Gasteiger partial charge on any atom is 0.205 e. The van der Waals surface area contributed by atoms with Crippen LogP contribution in [0.15, 0.2) is 71.8 Å². The molecule has 2 N–H and O–H groups in total. The van der Waals surface area contributed by atoms with Crippen molar-refractivity contribution in [3.8, 4) is 6.07 Å². The highest BCUT2D eigenvalue weighted by atomic mass is 16.5. The van der Waals surface area contributed by atoms with Crippen LogP contribution >= 0.6 is 0 Å². The molecule has 2 aromatic carbocycles. The molecule has 6 nitrogen and oxygen atoms in total. The van der Waals surface area contributed by atoms with E-state index in [4.69, 9.17) is 10.5 Å². The monoisotopic (exact) mass is 329 g/mol. The summed E-state index contributed by atoms with van der Waals surface area (Å²) < 4.78 is 7.38. The lowest BCUT2D eigenvalue weighted by Crippen LogP contribution is -2.22. The number of nitriles is 1. The highest BCUT2D eigenvalue weighted by Gasteiger charge is 2.33. The highest BCUT2D eigenvalue weighted by Crippen LogP contribution is 2.41. The third kappa shape index (κ3) is 2.34. The molecule has 122 valence electrons. The van der Waals surface area contributed by atoms with Crippen molar-refractivity contribution in [1.82, 2.24) is 15.0 Å². The second kappa shape index (κ2) is 5.80. The molecule has 0 saturated heterocycles. The molecule has 1 atom stereocenters. The fourth-order valence-electron chi connectivity index (χ4n) is 3.16. The Morgan fingerprint density at radius 2 is 1.84 bits per heavy atom. The van der Waals surface area contributed by atoms with Gasteiger partial charge in [0.05, 0.1) is 17.1 Å². The van der Waals surface area contributed by atoms with Crippen LogP contribution in [-0.4, -0.2) is 15.0 Å². The van der Waals surface area contributed by atoms with Crippen LogP contribution in [0.4, 0.5) is 0 Å². The smallest absolute Gasteiger partial charge is 0.205 e. The quantitative estimate of drug-likeness (QED) is 0.780. The maximum atomic E-state index is 9.67. The first-order valence-electron chi connectivity index (χ1n) is 7.85. The third-order valence-electron chi connectivity index (χ3n) is 4.28. The van der Waals surface area contributed by atoms with Crippen molar-refractivity contribution in [2.24, 2.45) is 5.73 Å². The molecule has 4 rings (SSSR count). The van der Waals surface area contributed by atoms with E-state index in [0.29, 0.717) is 11.3 Å². The molecule has 0 saturated carbocycles. The molecule has 25 heavy (non-hydrogen) atoms. The van der Waals surface area contributed by atoms with Crippen LogP contribution in [0.3, 0.4) is 0 Å². The van der Waals surface area contributed by atoms with E-state index < -0.39 is 0 Å². The molecule has 0 amide bonds. The lowest BCUT2D eigenvalue weighted by molar-refractivity contribution is 0.287. The van der Waals surface area contributed by atoms with Gasteiger partial charge >= 0.3 is 0 Å². The highest BCUT2D eigenvalue weighted by molar-refractivity contribution is 5.80. The predicted molar refractivity (Wildman–Crippen MR) is 93.5 cm³/mol. The van der Waals surface area contributed by atoms with Gasteiger partial charge in [0.25, 0.3) is 0 Å². The molecule has 1 aliphatic rings. The van der Waals surface area contributed by atoms with Crippen molar-refractivity contribution in [2.75, 3.05) is 0 Å². The number of ether oxygens (including phenoxy) is 1. The summed E-state index contributed by atoms with van der Waals surface area (Å²) in [6.07, 6.45) is 0. The fraction of sp³-hybridized carbons (Fsp3) is 0.105. The molecule has 3 aromatic rings. The number of aromatic nitrogens is 3. The normalized spacial score (nSPS) is 17.5. The van der Waals surface area contributed by atoms with E-state index in [0.717, 1.165) is 22.3 Å². The topological polar surface area (TPSA) is 89.8 Å². The summed E-state index contributed by atoms with van der Waals surface area (Å²) in [6.45, 7) is 1.82. The molecule has 0 aliphatic carbocycles. The lowest BCUT2D eigenvalue weighted by Gasteiger charge is -2.27. The minimum Gasteiger partial charge on any atom is -0.443 e. The van der Waals surface area contributed by atoms with Crippen molar-refractivity contribution < 1.29 is 4.74 Å². The molecule has 0 fully saturated rings. The Bertz CT molecular complexity index is 1060. The van der Waals surface area contributed by atoms with Gasteiger partial charge < -0.3 is 10.5 Å². The molecular weight excluding hydrogens is 314 g/mol. The molecule has 0 unspecified atom stereocenters. The van der Waals surface area contributed by atoms with Crippen LogP contribution in [-0.2, 0) is 4.74 Å². The summed E-state index contributed by atoms with van der Waals surface area (Å²) in [5.74, 6) is 0.355. The third-order valence-corrected chi connectivity index (χ3v) is 4.28. The average molecular weight is 329 g/mol. The van der Waals surface area contributed by atoms with E-state index in [1.54, 1.807) is 4.68 Å². The summed E-state index contributed by atoms with van der Waals surface area (Å²) in [5, 5.41) is 18.2. The molecule has 2 heterocycles. The van der Waals surface area contributed by atoms with Crippen molar-refractivity contribution in [3.63, 3.8) is 0 Å². The SMILES string of the molecule is CC1=C(n2nnc3ccccc32)[C@H](c2ccccc2)C(C#N)=C(N)O1. The first-order valence-corrected chi connectivity index (χ1v) is 7.85. The Morgan fingerprint density at radius 1 is 1.12 bits per heavy atom. The van der Waals surface area contributed by atoms with E-state index in [1.165, 1.54) is 0 Å². The molecule has 0 radical (unpaired) electrons. The van der Waals surface area contributed by atoms with Gasteiger partial charge in [-0.2, -0.15) is 5.26 Å². The van der Waals surface area contributed by atoms with Crippen LogP contribution in [0.25, 0.3) is 16.7 Å². The molecule has 1 aliphatic heterocycles. The second-order valence-electron chi connectivity index (χ2n) is 5.77. The predicted octanol–water partition coefficient (Wildman–Crippen LogP) is 3.13. The van der Waals surface area contributed by atoms with Gasteiger partial charge in [0.15, 0.2) is 0 Å². The molecule has 0 bridgehead atoms. The van der Waals surface area contributed by atoms with E-state index >= 15 is 0 Å². The minimum atomic E-state index is -0.370. The van der Waals surface area contributed by atoms with Gasteiger partial charge in [-0.05, 0) is 24.6 Å². The molecule has 1 aromatic heterocycles. The number of nitrogens with two attached hydrogens (primary N) is 1. The van der Waals surface area contributed by atoms with E-state index in [1.807, 2.05) is 61.5 Å². The zero-order chi connectivity index (χ0) is 17.4. The zero-order valence-corrected chi connectivity index (χ0v) is 13.5. The van der Waals surface area contributed by atoms with Gasteiger partial charge in [-0.1, -0.05) is 47.7 Å². The number of hydrogen-bond acceptors (Lipinski definition) is 5. The average Bonchev–Trinajstić information content (AvgIpc) is 3.06. The van der Waals surface area contributed by atoms with Gasteiger partial charge in [-0.25, -0.2) is 4.68 Å². The lowest BCUT2D eigenvalue weighted by atomic mass is 9.87. The minimum absolute atomic E-state index is 0.127. The van der Waals surface area contributed by atoms with Crippen LogP contribution < -0.4 is 5.73 Å². The Hall–Kier alpha value is -3.59. The van der Waals surface area contributed by atoms with Crippen molar-refractivity contribution in [1.29, 1.82) is 5.26 Å². The maximum absolute atomic E-state index is 9.67. The standard InChI is InChI=1S/C19H15N5O/c1-12-18(24-16-10-6-5-9-15(16)22-23-24)17(13-7-3-2-4-8-13)14(11-20)19(21)25-12/h2-10,17H,21H2,1H3/t17-/m1/s1.